The average molecular weight is 249 g/mol. The van der Waals surface area contributed by atoms with Gasteiger partial charge in [0.1, 0.15) is 11.4 Å². The van der Waals surface area contributed by atoms with Gasteiger partial charge < -0.3 is 15.1 Å². The number of rotatable bonds is 1. The van der Waals surface area contributed by atoms with Gasteiger partial charge in [0.25, 0.3) is 0 Å². The highest BCUT2D eigenvalue weighted by molar-refractivity contribution is 6.11. The van der Waals surface area contributed by atoms with Gasteiger partial charge in [-0.05, 0) is 36.4 Å². The van der Waals surface area contributed by atoms with Crippen molar-refractivity contribution in [1.82, 2.24) is 15.0 Å². The van der Waals surface area contributed by atoms with Crippen molar-refractivity contribution in [3.8, 4) is 17.1 Å². The van der Waals surface area contributed by atoms with E-state index in [0.29, 0.717) is 0 Å². The second kappa shape index (κ2) is 3.62. The number of hydrogen-bond acceptors (Lipinski definition) is 2. The molecule has 0 saturated carbocycles. The standard InChI is InChI=1S/C15H11N3O/c19-9-3-4-12-11(8-9)10-5-7-17-15(14(10)18-12)13-2-1-6-16-13/h1-8,16,18-19H. The summed E-state index contributed by atoms with van der Waals surface area (Å²) in [6, 6.07) is 11.2. The molecule has 19 heavy (non-hydrogen) atoms. The molecule has 3 aromatic heterocycles. The Morgan fingerprint density at radius 1 is 1.05 bits per heavy atom. The third-order valence-corrected chi connectivity index (χ3v) is 3.36. The number of phenolic OH excluding ortho intramolecular Hbond substituents is 1. The molecule has 4 heteroatoms. The fraction of sp³-hybridized carbons (Fsp3) is 0. The van der Waals surface area contributed by atoms with Crippen molar-refractivity contribution >= 4 is 21.8 Å². The van der Waals surface area contributed by atoms with Crippen LogP contribution in [0.2, 0.25) is 0 Å². The number of benzene rings is 1. The second-order valence-electron chi connectivity index (χ2n) is 4.52. The minimum atomic E-state index is 0.270. The van der Waals surface area contributed by atoms with E-state index in [-0.39, 0.29) is 5.75 Å². The Morgan fingerprint density at radius 3 is 2.84 bits per heavy atom. The van der Waals surface area contributed by atoms with Crippen LogP contribution in [-0.2, 0) is 0 Å². The van der Waals surface area contributed by atoms with Gasteiger partial charge in [-0.3, -0.25) is 4.98 Å². The third kappa shape index (κ3) is 1.43. The fourth-order valence-electron chi connectivity index (χ4n) is 2.49. The van der Waals surface area contributed by atoms with E-state index in [1.807, 2.05) is 30.5 Å². The molecular formula is C15H11N3O. The predicted octanol–water partition coefficient (Wildman–Crippen LogP) is 3.42. The van der Waals surface area contributed by atoms with E-state index < -0.39 is 0 Å². The zero-order valence-corrected chi connectivity index (χ0v) is 10.0. The Morgan fingerprint density at radius 2 is 2.00 bits per heavy atom. The number of aromatic nitrogens is 3. The molecule has 3 N–H and O–H groups in total. The van der Waals surface area contributed by atoms with E-state index in [1.165, 1.54) is 0 Å². The van der Waals surface area contributed by atoms with Crippen LogP contribution < -0.4 is 0 Å². The number of phenols is 1. The maximum Gasteiger partial charge on any atom is 0.116 e. The normalized spacial score (nSPS) is 11.4. The molecule has 0 fully saturated rings. The number of aromatic amines is 2. The molecule has 92 valence electrons. The molecule has 0 unspecified atom stereocenters. The monoisotopic (exact) mass is 249 g/mol. The Balaban J connectivity index is 2.15. The van der Waals surface area contributed by atoms with Crippen LogP contribution in [0.5, 0.6) is 5.75 Å². The van der Waals surface area contributed by atoms with Gasteiger partial charge in [-0.25, -0.2) is 0 Å². The van der Waals surface area contributed by atoms with Gasteiger partial charge in [0.2, 0.25) is 0 Å². The lowest BCUT2D eigenvalue weighted by Crippen LogP contribution is -1.84. The smallest absolute Gasteiger partial charge is 0.116 e. The summed E-state index contributed by atoms with van der Waals surface area (Å²) in [6.45, 7) is 0. The maximum absolute atomic E-state index is 9.63. The van der Waals surface area contributed by atoms with E-state index in [4.69, 9.17) is 0 Å². The van der Waals surface area contributed by atoms with Crippen molar-refractivity contribution in [1.29, 1.82) is 0 Å². The SMILES string of the molecule is Oc1ccc2[nH]c3c(-c4ccc[nH]4)nccc3c2c1. The van der Waals surface area contributed by atoms with Gasteiger partial charge in [-0.15, -0.1) is 0 Å². The summed E-state index contributed by atoms with van der Waals surface area (Å²) in [5.74, 6) is 0.270. The van der Waals surface area contributed by atoms with Gasteiger partial charge in [-0.1, -0.05) is 0 Å². The largest absolute Gasteiger partial charge is 0.508 e. The van der Waals surface area contributed by atoms with Gasteiger partial charge in [0.05, 0.1) is 11.2 Å². The molecule has 0 radical (unpaired) electrons. The molecule has 4 nitrogen and oxygen atoms in total. The molecule has 0 aliphatic rings. The Labute approximate surface area is 108 Å². The number of aromatic hydroxyl groups is 1. The summed E-state index contributed by atoms with van der Waals surface area (Å²) < 4.78 is 0. The number of H-pyrrole nitrogens is 2. The summed E-state index contributed by atoms with van der Waals surface area (Å²) in [5, 5.41) is 11.7. The summed E-state index contributed by atoms with van der Waals surface area (Å²) in [4.78, 5) is 11.0. The fourth-order valence-corrected chi connectivity index (χ4v) is 2.49. The van der Waals surface area contributed by atoms with Gasteiger partial charge >= 0.3 is 0 Å². The average Bonchev–Trinajstić information content (AvgIpc) is 3.05. The van der Waals surface area contributed by atoms with Gasteiger partial charge in [0, 0.05) is 28.7 Å². The van der Waals surface area contributed by atoms with Crippen molar-refractivity contribution in [3.63, 3.8) is 0 Å². The van der Waals surface area contributed by atoms with Crippen molar-refractivity contribution in [3.05, 3.63) is 48.8 Å². The number of nitrogens with one attached hydrogen (secondary N) is 2. The van der Waals surface area contributed by atoms with Crippen LogP contribution in [0.1, 0.15) is 0 Å². The zero-order valence-electron chi connectivity index (χ0n) is 10.0. The van der Waals surface area contributed by atoms with E-state index in [0.717, 1.165) is 33.2 Å². The highest BCUT2D eigenvalue weighted by Crippen LogP contribution is 2.32. The predicted molar refractivity (Wildman–Crippen MR) is 75.1 cm³/mol. The quantitative estimate of drug-likeness (QED) is 0.484. The molecule has 3 heterocycles. The lowest BCUT2D eigenvalue weighted by atomic mass is 10.1. The summed E-state index contributed by atoms with van der Waals surface area (Å²) in [6.07, 6.45) is 3.67. The first kappa shape index (κ1) is 10.2. The topological polar surface area (TPSA) is 64.7 Å². The Hall–Kier alpha value is -2.75. The first-order valence-electron chi connectivity index (χ1n) is 6.06. The molecule has 4 rings (SSSR count). The zero-order chi connectivity index (χ0) is 12.8. The van der Waals surface area contributed by atoms with Crippen LogP contribution >= 0.6 is 0 Å². The van der Waals surface area contributed by atoms with Crippen LogP contribution in [-0.4, -0.2) is 20.1 Å². The third-order valence-electron chi connectivity index (χ3n) is 3.36. The summed E-state index contributed by atoms with van der Waals surface area (Å²) >= 11 is 0. The number of hydrogen-bond donors (Lipinski definition) is 3. The van der Waals surface area contributed by atoms with Crippen LogP contribution in [0, 0.1) is 0 Å². The van der Waals surface area contributed by atoms with E-state index in [2.05, 4.69) is 15.0 Å². The first-order chi connectivity index (χ1) is 9.33. The molecule has 0 spiro atoms. The van der Waals surface area contributed by atoms with Gasteiger partial charge in [0.15, 0.2) is 0 Å². The number of pyridine rings is 1. The van der Waals surface area contributed by atoms with E-state index >= 15 is 0 Å². The molecule has 0 amide bonds. The van der Waals surface area contributed by atoms with E-state index in [1.54, 1.807) is 18.3 Å². The highest BCUT2D eigenvalue weighted by atomic mass is 16.3. The van der Waals surface area contributed by atoms with Crippen molar-refractivity contribution in [2.45, 2.75) is 0 Å². The lowest BCUT2D eigenvalue weighted by Gasteiger charge is -1.99. The molecule has 4 aromatic rings. The molecule has 0 bridgehead atoms. The molecule has 0 aliphatic carbocycles. The first-order valence-corrected chi connectivity index (χ1v) is 6.06. The molecular weight excluding hydrogens is 238 g/mol. The maximum atomic E-state index is 9.63. The van der Waals surface area contributed by atoms with Crippen molar-refractivity contribution in [2.75, 3.05) is 0 Å². The molecule has 0 atom stereocenters. The molecule has 0 aliphatic heterocycles. The summed E-state index contributed by atoms with van der Waals surface area (Å²) in [5.41, 5.74) is 3.83. The lowest BCUT2D eigenvalue weighted by molar-refractivity contribution is 0.476. The van der Waals surface area contributed by atoms with Crippen LogP contribution in [0.15, 0.2) is 48.8 Å². The van der Waals surface area contributed by atoms with Crippen LogP contribution in [0.3, 0.4) is 0 Å². The minimum absolute atomic E-state index is 0.270. The van der Waals surface area contributed by atoms with Crippen LogP contribution in [0.4, 0.5) is 0 Å². The van der Waals surface area contributed by atoms with Gasteiger partial charge in [-0.2, -0.15) is 0 Å². The number of nitrogens with zero attached hydrogens (tertiary/aromatic N) is 1. The molecule has 1 aromatic carbocycles. The second-order valence-corrected chi connectivity index (χ2v) is 4.52. The van der Waals surface area contributed by atoms with Crippen molar-refractivity contribution < 1.29 is 5.11 Å². The molecule has 0 saturated heterocycles. The summed E-state index contributed by atoms with van der Waals surface area (Å²) in [7, 11) is 0. The highest BCUT2D eigenvalue weighted by Gasteiger charge is 2.11. The minimum Gasteiger partial charge on any atom is -0.508 e. The Kier molecular flexibility index (Phi) is 1.94. The number of fused-ring (bicyclic) bond motifs is 3. The van der Waals surface area contributed by atoms with Crippen LogP contribution in [0.25, 0.3) is 33.2 Å². The Bertz CT molecular complexity index is 875. The van der Waals surface area contributed by atoms with Crippen molar-refractivity contribution in [2.24, 2.45) is 0 Å². The van der Waals surface area contributed by atoms with E-state index in [9.17, 15) is 5.11 Å².